The molecule has 0 atom stereocenters. The maximum Gasteiger partial charge on any atom is 0.294 e. The molecule has 1 aromatic rings. The zero-order valence-corrected chi connectivity index (χ0v) is 10.6. The van der Waals surface area contributed by atoms with Crippen LogP contribution in [0.15, 0.2) is 36.4 Å². The third kappa shape index (κ3) is 4.51. The van der Waals surface area contributed by atoms with Crippen molar-refractivity contribution in [1.29, 1.82) is 0 Å². The largest absolute Gasteiger partial charge is 0.383 e. The minimum Gasteiger partial charge on any atom is -0.383 e. The van der Waals surface area contributed by atoms with Crippen molar-refractivity contribution >= 4 is 17.8 Å². The van der Waals surface area contributed by atoms with Crippen LogP contribution in [0.3, 0.4) is 0 Å². The molecule has 0 aliphatic heterocycles. The van der Waals surface area contributed by atoms with Gasteiger partial charge in [-0.2, -0.15) is 0 Å². The highest BCUT2D eigenvalue weighted by molar-refractivity contribution is 6.41. The number of nitrogens with zero attached hydrogens (tertiary/aromatic N) is 1. The molecule has 96 valence electrons. The van der Waals surface area contributed by atoms with Gasteiger partial charge in [0.15, 0.2) is 0 Å². The first-order valence-electron chi connectivity index (χ1n) is 5.66. The zero-order chi connectivity index (χ0) is 13.4. The van der Waals surface area contributed by atoms with E-state index in [0.29, 0.717) is 13.2 Å². The van der Waals surface area contributed by atoms with Crippen molar-refractivity contribution in [3.8, 4) is 0 Å². The van der Waals surface area contributed by atoms with Gasteiger partial charge in [0.05, 0.1) is 6.61 Å². The maximum absolute atomic E-state index is 11.6. The molecule has 0 radical (unpaired) electrons. The van der Waals surface area contributed by atoms with Crippen LogP contribution in [0.5, 0.6) is 0 Å². The molecule has 0 aliphatic carbocycles. The van der Waals surface area contributed by atoms with Gasteiger partial charge < -0.3 is 9.64 Å². The number of likely N-dealkylation sites (N-methyl/N-ethyl adjacent to an activating group) is 1. The Balaban J connectivity index is 2.55. The molecule has 1 aromatic carbocycles. The Morgan fingerprint density at radius 3 is 2.56 bits per heavy atom. The van der Waals surface area contributed by atoms with Crippen molar-refractivity contribution in [2.75, 3.05) is 27.3 Å². The topological polar surface area (TPSA) is 46.6 Å². The van der Waals surface area contributed by atoms with E-state index in [0.717, 1.165) is 5.56 Å². The summed E-state index contributed by atoms with van der Waals surface area (Å²) in [6.45, 7) is 0.818. The average molecular weight is 247 g/mol. The number of amides is 1. The Morgan fingerprint density at radius 2 is 1.94 bits per heavy atom. The predicted octanol–water partition coefficient (Wildman–Crippen LogP) is 1.37. The van der Waals surface area contributed by atoms with Crippen LogP contribution in [0.2, 0.25) is 0 Å². The molecule has 0 fully saturated rings. The minimum absolute atomic E-state index is 0.403. The predicted molar refractivity (Wildman–Crippen MR) is 70.0 cm³/mol. The van der Waals surface area contributed by atoms with E-state index < -0.39 is 11.7 Å². The first-order valence-corrected chi connectivity index (χ1v) is 5.66. The van der Waals surface area contributed by atoms with Crippen molar-refractivity contribution in [2.45, 2.75) is 0 Å². The second-order valence-electron chi connectivity index (χ2n) is 3.83. The minimum atomic E-state index is -0.530. The highest BCUT2D eigenvalue weighted by Crippen LogP contribution is 2.01. The molecule has 0 saturated heterocycles. The molecule has 1 amide bonds. The fourth-order valence-electron chi connectivity index (χ4n) is 1.33. The van der Waals surface area contributed by atoms with Gasteiger partial charge in [-0.15, -0.1) is 0 Å². The van der Waals surface area contributed by atoms with E-state index in [4.69, 9.17) is 4.74 Å². The van der Waals surface area contributed by atoms with Gasteiger partial charge in [-0.25, -0.2) is 0 Å². The van der Waals surface area contributed by atoms with Crippen LogP contribution < -0.4 is 0 Å². The third-order valence-corrected chi connectivity index (χ3v) is 2.42. The van der Waals surface area contributed by atoms with Crippen molar-refractivity contribution in [3.05, 3.63) is 42.0 Å². The van der Waals surface area contributed by atoms with Crippen LogP contribution >= 0.6 is 0 Å². The zero-order valence-electron chi connectivity index (χ0n) is 10.6. The van der Waals surface area contributed by atoms with Crippen molar-refractivity contribution < 1.29 is 14.3 Å². The second kappa shape index (κ2) is 7.40. The fourth-order valence-corrected chi connectivity index (χ4v) is 1.33. The van der Waals surface area contributed by atoms with Gasteiger partial charge in [0.2, 0.25) is 5.78 Å². The summed E-state index contributed by atoms with van der Waals surface area (Å²) in [7, 11) is 3.13. The number of hydrogen-bond acceptors (Lipinski definition) is 3. The number of ketones is 1. The van der Waals surface area contributed by atoms with Gasteiger partial charge in [-0.1, -0.05) is 36.4 Å². The summed E-state index contributed by atoms with van der Waals surface area (Å²) in [4.78, 5) is 24.6. The summed E-state index contributed by atoms with van der Waals surface area (Å²) in [5.74, 6) is -1.06. The molecule has 0 heterocycles. The molecule has 0 aliphatic rings. The monoisotopic (exact) mass is 247 g/mol. The number of hydrogen-bond donors (Lipinski definition) is 0. The highest BCUT2D eigenvalue weighted by Gasteiger charge is 2.15. The van der Waals surface area contributed by atoms with Crippen LogP contribution in [-0.4, -0.2) is 43.9 Å². The number of carbonyl (C=O) groups excluding carboxylic acids is 2. The highest BCUT2D eigenvalue weighted by atomic mass is 16.5. The van der Waals surface area contributed by atoms with E-state index in [2.05, 4.69) is 0 Å². The Morgan fingerprint density at radius 1 is 1.28 bits per heavy atom. The van der Waals surface area contributed by atoms with Crippen molar-refractivity contribution in [3.63, 3.8) is 0 Å². The quantitative estimate of drug-likeness (QED) is 0.563. The van der Waals surface area contributed by atoms with E-state index in [1.165, 1.54) is 11.0 Å². The van der Waals surface area contributed by atoms with Gasteiger partial charge in [-0.3, -0.25) is 9.59 Å². The van der Waals surface area contributed by atoms with Gasteiger partial charge in [-0.05, 0) is 11.6 Å². The summed E-state index contributed by atoms with van der Waals surface area (Å²) < 4.78 is 4.85. The normalized spacial score (nSPS) is 10.6. The van der Waals surface area contributed by atoms with Gasteiger partial charge in [0.1, 0.15) is 0 Å². The van der Waals surface area contributed by atoms with E-state index in [1.807, 2.05) is 30.3 Å². The maximum atomic E-state index is 11.6. The average Bonchev–Trinajstić information content (AvgIpc) is 2.42. The van der Waals surface area contributed by atoms with Crippen LogP contribution in [-0.2, 0) is 14.3 Å². The lowest BCUT2D eigenvalue weighted by Gasteiger charge is -2.14. The lowest BCUT2D eigenvalue weighted by atomic mass is 10.2. The first-order chi connectivity index (χ1) is 8.65. The standard InChI is InChI=1S/C14H17NO3/c1-15(10-11-18-2)14(17)13(16)9-8-12-6-4-3-5-7-12/h3-9H,10-11H2,1-2H3/b9-8+. The molecule has 0 N–H and O–H groups in total. The smallest absolute Gasteiger partial charge is 0.294 e. The van der Waals surface area contributed by atoms with Crippen LogP contribution in [0, 0.1) is 0 Å². The number of carbonyl (C=O) groups is 2. The molecule has 0 unspecified atom stereocenters. The van der Waals surface area contributed by atoms with E-state index in [-0.39, 0.29) is 0 Å². The van der Waals surface area contributed by atoms with Crippen molar-refractivity contribution in [2.24, 2.45) is 0 Å². The molecule has 0 aromatic heterocycles. The molecule has 1 rings (SSSR count). The Labute approximate surface area is 107 Å². The number of rotatable bonds is 6. The summed E-state index contributed by atoms with van der Waals surface area (Å²) in [5, 5.41) is 0. The van der Waals surface area contributed by atoms with Gasteiger partial charge in [0.25, 0.3) is 5.91 Å². The summed E-state index contributed by atoms with van der Waals surface area (Å²) in [6, 6.07) is 9.36. The Hall–Kier alpha value is -1.94. The Bertz CT molecular complexity index is 426. The molecular formula is C14H17NO3. The van der Waals surface area contributed by atoms with Crippen LogP contribution in [0.4, 0.5) is 0 Å². The molecule has 0 bridgehead atoms. The molecular weight excluding hydrogens is 230 g/mol. The number of ether oxygens (including phenoxy) is 1. The van der Waals surface area contributed by atoms with Crippen LogP contribution in [0.1, 0.15) is 5.56 Å². The summed E-state index contributed by atoms with van der Waals surface area (Å²) in [6.07, 6.45) is 2.92. The van der Waals surface area contributed by atoms with Crippen LogP contribution in [0.25, 0.3) is 6.08 Å². The fraction of sp³-hybridized carbons (Fsp3) is 0.286. The third-order valence-electron chi connectivity index (χ3n) is 2.42. The molecule has 18 heavy (non-hydrogen) atoms. The molecule has 0 saturated carbocycles. The second-order valence-corrected chi connectivity index (χ2v) is 3.83. The summed E-state index contributed by atoms with van der Waals surface area (Å²) >= 11 is 0. The van der Waals surface area contributed by atoms with Gasteiger partial charge >= 0.3 is 0 Å². The lowest BCUT2D eigenvalue weighted by Crippen LogP contribution is -2.34. The molecule has 0 spiro atoms. The first kappa shape index (κ1) is 14.1. The molecule has 4 nitrogen and oxygen atoms in total. The number of methoxy groups -OCH3 is 1. The van der Waals surface area contributed by atoms with E-state index >= 15 is 0 Å². The summed E-state index contributed by atoms with van der Waals surface area (Å²) in [5.41, 5.74) is 0.887. The van der Waals surface area contributed by atoms with E-state index in [1.54, 1.807) is 20.2 Å². The Kier molecular flexibility index (Phi) is 5.80. The van der Waals surface area contributed by atoms with Gasteiger partial charge in [0, 0.05) is 20.7 Å². The SMILES string of the molecule is COCCN(C)C(=O)C(=O)/C=C/c1ccccc1. The lowest BCUT2D eigenvalue weighted by molar-refractivity contribution is -0.141. The van der Waals surface area contributed by atoms with Crippen molar-refractivity contribution in [1.82, 2.24) is 4.90 Å². The van der Waals surface area contributed by atoms with E-state index in [9.17, 15) is 9.59 Å². The molecule has 4 heteroatoms. The number of benzene rings is 1.